The number of benzene rings is 1. The lowest BCUT2D eigenvalue weighted by atomic mass is 10.1. The molecule has 1 saturated heterocycles. The molecule has 1 unspecified atom stereocenters. The molecule has 1 aromatic rings. The van der Waals surface area contributed by atoms with Crippen molar-refractivity contribution in [3.63, 3.8) is 0 Å². The van der Waals surface area contributed by atoms with Crippen LogP contribution in [0.15, 0.2) is 12.1 Å². The average molecular weight is 314 g/mol. The van der Waals surface area contributed by atoms with E-state index in [1.807, 2.05) is 0 Å². The van der Waals surface area contributed by atoms with E-state index >= 15 is 0 Å². The molecule has 0 spiro atoms. The summed E-state index contributed by atoms with van der Waals surface area (Å²) >= 11 is 5.98. The van der Waals surface area contributed by atoms with Crippen molar-refractivity contribution in [1.29, 1.82) is 0 Å². The third-order valence-electron chi connectivity index (χ3n) is 3.29. The number of ether oxygens (including phenoxy) is 1. The maximum Gasteiger partial charge on any atom is 0.294 e. The zero-order chi connectivity index (χ0) is 15.4. The predicted molar refractivity (Wildman–Crippen MR) is 79.0 cm³/mol. The minimum Gasteiger partial charge on any atom is -0.381 e. The van der Waals surface area contributed by atoms with Gasteiger partial charge in [0.15, 0.2) is 0 Å². The van der Waals surface area contributed by atoms with Crippen molar-refractivity contribution in [3.8, 4) is 0 Å². The molecule has 0 saturated carbocycles. The minimum absolute atomic E-state index is 0.0102. The highest BCUT2D eigenvalue weighted by Crippen LogP contribution is 2.33. The molecule has 8 heteroatoms. The molecular weight excluding hydrogens is 298 g/mol. The monoisotopic (exact) mass is 313 g/mol. The van der Waals surface area contributed by atoms with Gasteiger partial charge < -0.3 is 15.4 Å². The molecule has 0 bridgehead atoms. The molecule has 7 nitrogen and oxygen atoms in total. The summed E-state index contributed by atoms with van der Waals surface area (Å²) in [5.74, 6) is -0.404. The first kappa shape index (κ1) is 15.5. The second kappa shape index (κ2) is 6.73. The van der Waals surface area contributed by atoms with Crippen molar-refractivity contribution < 1.29 is 14.5 Å². The molecule has 114 valence electrons. The van der Waals surface area contributed by atoms with Crippen molar-refractivity contribution in [2.45, 2.75) is 18.9 Å². The van der Waals surface area contributed by atoms with Crippen LogP contribution in [0.4, 0.5) is 11.4 Å². The summed E-state index contributed by atoms with van der Waals surface area (Å²) in [6.45, 7) is 1.09. The quantitative estimate of drug-likeness (QED) is 0.642. The Kier molecular flexibility index (Phi) is 4.98. The van der Waals surface area contributed by atoms with Crippen LogP contribution in [0.1, 0.15) is 23.2 Å². The molecule has 2 N–H and O–H groups in total. The van der Waals surface area contributed by atoms with Gasteiger partial charge in [0.1, 0.15) is 5.69 Å². The molecule has 21 heavy (non-hydrogen) atoms. The zero-order valence-electron chi connectivity index (χ0n) is 11.5. The van der Waals surface area contributed by atoms with E-state index in [1.54, 1.807) is 0 Å². The van der Waals surface area contributed by atoms with Crippen LogP contribution in [0.5, 0.6) is 0 Å². The number of carbonyl (C=O) groups is 1. The van der Waals surface area contributed by atoms with E-state index in [0.29, 0.717) is 13.2 Å². The second-order valence-electron chi connectivity index (χ2n) is 4.70. The fourth-order valence-corrected chi connectivity index (χ4v) is 2.54. The van der Waals surface area contributed by atoms with Gasteiger partial charge in [-0.1, -0.05) is 11.6 Å². The molecule has 0 radical (unpaired) electrons. The van der Waals surface area contributed by atoms with E-state index < -0.39 is 10.8 Å². The molecule has 1 fully saturated rings. The summed E-state index contributed by atoms with van der Waals surface area (Å²) in [6, 6.07) is 2.62. The maximum absolute atomic E-state index is 12.1. The molecule has 1 amide bonds. The van der Waals surface area contributed by atoms with Gasteiger partial charge >= 0.3 is 0 Å². The number of nitro benzene ring substituents is 1. The molecule has 1 aliphatic rings. The third-order valence-corrected chi connectivity index (χ3v) is 3.59. The van der Waals surface area contributed by atoms with Crippen LogP contribution in [-0.4, -0.2) is 37.1 Å². The second-order valence-corrected chi connectivity index (χ2v) is 5.11. The Labute approximate surface area is 126 Å². The van der Waals surface area contributed by atoms with Gasteiger partial charge in [0, 0.05) is 31.8 Å². The highest BCUT2D eigenvalue weighted by Gasteiger charge is 2.22. The van der Waals surface area contributed by atoms with Crippen LogP contribution in [-0.2, 0) is 4.74 Å². The zero-order valence-corrected chi connectivity index (χ0v) is 12.3. The van der Waals surface area contributed by atoms with Crippen LogP contribution in [0.25, 0.3) is 0 Å². The first-order valence-corrected chi connectivity index (χ1v) is 6.96. The van der Waals surface area contributed by atoms with E-state index in [2.05, 4.69) is 10.6 Å². The van der Waals surface area contributed by atoms with Crippen LogP contribution in [0.2, 0.25) is 5.02 Å². The minimum atomic E-state index is -0.575. The summed E-state index contributed by atoms with van der Waals surface area (Å²) in [5, 5.41) is 16.5. The largest absolute Gasteiger partial charge is 0.381 e. The molecule has 1 aliphatic heterocycles. The SMILES string of the molecule is CNc1c(Cl)cc(C(=O)NCC2CCCO2)cc1[N+](=O)[O-]. The number of nitrogens with zero attached hydrogens (tertiary/aromatic N) is 1. The summed E-state index contributed by atoms with van der Waals surface area (Å²) in [6.07, 6.45) is 1.89. The van der Waals surface area contributed by atoms with Crippen LogP contribution in [0.3, 0.4) is 0 Å². The molecular formula is C13H16ClN3O4. The lowest BCUT2D eigenvalue weighted by Crippen LogP contribution is -2.31. The Balaban J connectivity index is 2.14. The fraction of sp³-hybridized carbons (Fsp3) is 0.462. The number of nitro groups is 1. The Hall–Kier alpha value is -1.86. The number of hydrogen-bond acceptors (Lipinski definition) is 5. The summed E-state index contributed by atoms with van der Waals surface area (Å²) in [7, 11) is 1.53. The number of halogens is 1. The van der Waals surface area contributed by atoms with E-state index in [9.17, 15) is 14.9 Å². The van der Waals surface area contributed by atoms with Gasteiger partial charge in [0.05, 0.1) is 16.0 Å². The molecule has 0 aliphatic carbocycles. The topological polar surface area (TPSA) is 93.5 Å². The van der Waals surface area contributed by atoms with Crippen LogP contribution < -0.4 is 10.6 Å². The van der Waals surface area contributed by atoms with Gasteiger partial charge in [-0.25, -0.2) is 0 Å². The van der Waals surface area contributed by atoms with Gasteiger partial charge in [-0.05, 0) is 18.9 Å². The molecule has 0 aromatic heterocycles. The van der Waals surface area contributed by atoms with Gasteiger partial charge in [0.2, 0.25) is 0 Å². The molecule has 2 rings (SSSR count). The number of amides is 1. The van der Waals surface area contributed by atoms with Gasteiger partial charge in [-0.2, -0.15) is 0 Å². The Morgan fingerprint density at radius 3 is 2.90 bits per heavy atom. The number of rotatable bonds is 5. The maximum atomic E-state index is 12.1. The number of hydrogen-bond donors (Lipinski definition) is 2. The Morgan fingerprint density at radius 1 is 1.57 bits per heavy atom. The van der Waals surface area contributed by atoms with Crippen molar-refractivity contribution in [1.82, 2.24) is 5.32 Å². The van der Waals surface area contributed by atoms with Crippen LogP contribution >= 0.6 is 11.6 Å². The van der Waals surface area contributed by atoms with Gasteiger partial charge in [-0.3, -0.25) is 14.9 Å². The normalized spacial score (nSPS) is 17.5. The highest BCUT2D eigenvalue weighted by atomic mass is 35.5. The van der Waals surface area contributed by atoms with Crippen LogP contribution in [0, 0.1) is 10.1 Å². The van der Waals surface area contributed by atoms with Crippen molar-refractivity contribution in [3.05, 3.63) is 32.8 Å². The van der Waals surface area contributed by atoms with E-state index in [0.717, 1.165) is 12.8 Å². The Bertz CT molecular complexity index is 559. The standard InChI is InChI=1S/C13H16ClN3O4/c1-15-12-10(14)5-8(6-11(12)17(19)20)13(18)16-7-9-3-2-4-21-9/h5-6,9,15H,2-4,7H2,1H3,(H,16,18). The van der Waals surface area contributed by atoms with E-state index in [-0.39, 0.29) is 28.1 Å². The number of carbonyl (C=O) groups excluding carboxylic acids is 1. The van der Waals surface area contributed by atoms with Crippen molar-refractivity contribution >= 4 is 28.9 Å². The van der Waals surface area contributed by atoms with Gasteiger partial charge in [0.25, 0.3) is 11.6 Å². The number of nitrogens with one attached hydrogen (secondary N) is 2. The first-order chi connectivity index (χ1) is 10.0. The van der Waals surface area contributed by atoms with Crippen molar-refractivity contribution in [2.75, 3.05) is 25.5 Å². The summed E-state index contributed by atoms with van der Waals surface area (Å²) < 4.78 is 5.40. The molecule has 1 heterocycles. The lowest BCUT2D eigenvalue weighted by molar-refractivity contribution is -0.383. The van der Waals surface area contributed by atoms with Crippen molar-refractivity contribution in [2.24, 2.45) is 0 Å². The molecule has 1 aromatic carbocycles. The Morgan fingerprint density at radius 2 is 2.33 bits per heavy atom. The smallest absolute Gasteiger partial charge is 0.294 e. The van der Waals surface area contributed by atoms with E-state index in [1.165, 1.54) is 19.2 Å². The summed E-state index contributed by atoms with van der Waals surface area (Å²) in [4.78, 5) is 22.5. The first-order valence-electron chi connectivity index (χ1n) is 6.58. The lowest BCUT2D eigenvalue weighted by Gasteiger charge is -2.12. The fourth-order valence-electron chi connectivity index (χ4n) is 2.23. The predicted octanol–water partition coefficient (Wildman–Crippen LogP) is 2.20. The number of anilines is 1. The average Bonchev–Trinajstić information content (AvgIpc) is 2.96. The highest BCUT2D eigenvalue weighted by molar-refractivity contribution is 6.34. The summed E-state index contributed by atoms with van der Waals surface area (Å²) in [5.41, 5.74) is 0.119. The van der Waals surface area contributed by atoms with Gasteiger partial charge in [-0.15, -0.1) is 0 Å². The third kappa shape index (κ3) is 3.62. The van der Waals surface area contributed by atoms with E-state index in [4.69, 9.17) is 16.3 Å². The molecule has 1 atom stereocenters.